The molecule has 0 fully saturated rings. The van der Waals surface area contributed by atoms with E-state index < -0.39 is 5.97 Å². The van der Waals surface area contributed by atoms with Gasteiger partial charge in [0, 0.05) is 25.5 Å². The summed E-state index contributed by atoms with van der Waals surface area (Å²) >= 11 is 0. The minimum atomic E-state index is -0.480. The van der Waals surface area contributed by atoms with Crippen LogP contribution in [0.15, 0.2) is 41.5 Å². The average Bonchev–Trinajstić information content (AvgIpc) is 2.85. The normalized spacial score (nSPS) is 16.8. The van der Waals surface area contributed by atoms with Crippen molar-refractivity contribution in [1.82, 2.24) is 9.55 Å². The molecule has 0 aliphatic heterocycles. The molecule has 0 amide bonds. The third kappa shape index (κ3) is 2.22. The van der Waals surface area contributed by atoms with Crippen molar-refractivity contribution in [1.29, 1.82) is 0 Å². The molecule has 0 saturated heterocycles. The molecule has 0 aromatic carbocycles. The van der Waals surface area contributed by atoms with Crippen LogP contribution in [0.1, 0.15) is 34.1 Å². The Morgan fingerprint density at radius 3 is 3.10 bits per heavy atom. The number of carbonyl (C=O) groups is 1. The van der Waals surface area contributed by atoms with Gasteiger partial charge in [-0.15, -0.1) is 0 Å². The Hall–Kier alpha value is -2.43. The van der Waals surface area contributed by atoms with E-state index in [1.807, 2.05) is 12.1 Å². The summed E-state index contributed by atoms with van der Waals surface area (Å²) in [5.41, 5.74) is 1.99. The minimum Gasteiger partial charge on any atom is -0.452 e. The van der Waals surface area contributed by atoms with Gasteiger partial charge in [-0.3, -0.25) is 9.78 Å². The number of nitrogens with zero attached hydrogens (tertiary/aromatic N) is 2. The molecular formula is C15H14N2O3. The molecule has 2 heterocycles. The Bertz CT molecular complexity index is 721. The predicted molar refractivity (Wildman–Crippen MR) is 72.4 cm³/mol. The molecule has 2 aromatic rings. The van der Waals surface area contributed by atoms with Gasteiger partial charge in [0.2, 0.25) is 0 Å². The largest absolute Gasteiger partial charge is 0.452 e. The van der Waals surface area contributed by atoms with Crippen molar-refractivity contribution in [3.05, 3.63) is 63.8 Å². The summed E-state index contributed by atoms with van der Waals surface area (Å²) in [5, 5.41) is 0. The van der Waals surface area contributed by atoms with Crippen LogP contribution in [0.3, 0.4) is 0 Å². The molecule has 0 bridgehead atoms. The third-order valence-electron chi connectivity index (χ3n) is 3.50. The maximum atomic E-state index is 12.1. The fourth-order valence-corrected chi connectivity index (χ4v) is 2.36. The van der Waals surface area contributed by atoms with E-state index in [9.17, 15) is 9.59 Å². The lowest BCUT2D eigenvalue weighted by Gasteiger charge is -2.12. The molecule has 102 valence electrons. The first-order valence-electron chi connectivity index (χ1n) is 6.46. The third-order valence-corrected chi connectivity index (χ3v) is 3.50. The number of aromatic nitrogens is 2. The standard InChI is InChI=1S/C15H14N2O3/c1-17-8-6-11(9-13(17)18)15(19)20-12-5-4-10-3-2-7-16-14(10)12/h2-3,6-9,12H,4-5H2,1H3/t12-/m0/s1. The van der Waals surface area contributed by atoms with Gasteiger partial charge in [0.1, 0.15) is 6.10 Å². The van der Waals surface area contributed by atoms with Gasteiger partial charge >= 0.3 is 5.97 Å². The Labute approximate surface area is 115 Å². The molecule has 0 spiro atoms. The van der Waals surface area contributed by atoms with Crippen LogP contribution >= 0.6 is 0 Å². The molecule has 0 N–H and O–H groups in total. The number of esters is 1. The maximum Gasteiger partial charge on any atom is 0.339 e. The van der Waals surface area contributed by atoms with Crippen LogP contribution in [0.5, 0.6) is 0 Å². The van der Waals surface area contributed by atoms with Gasteiger partial charge in [0.25, 0.3) is 5.56 Å². The van der Waals surface area contributed by atoms with E-state index in [4.69, 9.17) is 4.74 Å². The van der Waals surface area contributed by atoms with E-state index in [0.29, 0.717) is 0 Å². The Kier molecular flexibility index (Phi) is 3.10. The summed E-state index contributed by atoms with van der Waals surface area (Å²) in [5.74, 6) is -0.480. The first kappa shape index (κ1) is 12.6. The fraction of sp³-hybridized carbons (Fsp3) is 0.267. The maximum absolute atomic E-state index is 12.1. The van der Waals surface area contributed by atoms with E-state index in [2.05, 4.69) is 4.98 Å². The second-order valence-corrected chi connectivity index (χ2v) is 4.84. The topological polar surface area (TPSA) is 61.2 Å². The molecule has 5 nitrogen and oxygen atoms in total. The fourth-order valence-electron chi connectivity index (χ4n) is 2.36. The molecule has 20 heavy (non-hydrogen) atoms. The Morgan fingerprint density at radius 1 is 1.45 bits per heavy atom. The van der Waals surface area contributed by atoms with Gasteiger partial charge in [-0.25, -0.2) is 4.79 Å². The van der Waals surface area contributed by atoms with Crippen LogP contribution in [-0.4, -0.2) is 15.5 Å². The van der Waals surface area contributed by atoms with Crippen molar-refractivity contribution in [3.8, 4) is 0 Å². The number of pyridine rings is 2. The van der Waals surface area contributed by atoms with Crippen LogP contribution in [0.25, 0.3) is 0 Å². The van der Waals surface area contributed by atoms with Crippen LogP contribution in [0.2, 0.25) is 0 Å². The molecule has 0 unspecified atom stereocenters. The minimum absolute atomic E-state index is 0.232. The van der Waals surface area contributed by atoms with Crippen LogP contribution < -0.4 is 5.56 Å². The highest BCUT2D eigenvalue weighted by Gasteiger charge is 2.27. The van der Waals surface area contributed by atoms with Crippen molar-refractivity contribution >= 4 is 5.97 Å². The lowest BCUT2D eigenvalue weighted by molar-refractivity contribution is 0.0292. The second kappa shape index (κ2) is 4.92. The van der Waals surface area contributed by atoms with Gasteiger partial charge in [0.05, 0.1) is 11.3 Å². The van der Waals surface area contributed by atoms with E-state index in [1.54, 1.807) is 25.5 Å². The highest BCUT2D eigenvalue weighted by molar-refractivity contribution is 5.89. The zero-order valence-electron chi connectivity index (χ0n) is 11.1. The van der Waals surface area contributed by atoms with Crippen molar-refractivity contribution in [2.24, 2.45) is 7.05 Å². The zero-order chi connectivity index (χ0) is 14.1. The van der Waals surface area contributed by atoms with Gasteiger partial charge in [-0.05, 0) is 30.5 Å². The smallest absolute Gasteiger partial charge is 0.339 e. The number of carbonyl (C=O) groups excluding carboxylic acids is 1. The lowest BCUT2D eigenvalue weighted by atomic mass is 10.2. The van der Waals surface area contributed by atoms with Gasteiger partial charge < -0.3 is 9.30 Å². The van der Waals surface area contributed by atoms with E-state index in [-0.39, 0.29) is 17.2 Å². The average molecular weight is 270 g/mol. The van der Waals surface area contributed by atoms with Gasteiger partial charge in [-0.2, -0.15) is 0 Å². The lowest BCUT2D eigenvalue weighted by Crippen LogP contribution is -2.18. The molecule has 1 aliphatic rings. The number of rotatable bonds is 2. The summed E-state index contributed by atoms with van der Waals surface area (Å²) in [6.07, 6.45) is 4.53. The quantitative estimate of drug-likeness (QED) is 0.778. The predicted octanol–water partition coefficient (Wildman–Crippen LogP) is 1.62. The first-order valence-corrected chi connectivity index (χ1v) is 6.46. The summed E-state index contributed by atoms with van der Waals surface area (Å²) in [6, 6.07) is 6.74. The molecular weight excluding hydrogens is 256 g/mol. The van der Waals surface area contributed by atoms with E-state index >= 15 is 0 Å². The number of hydrogen-bond donors (Lipinski definition) is 0. The van der Waals surface area contributed by atoms with Crippen molar-refractivity contribution in [2.75, 3.05) is 0 Å². The monoisotopic (exact) mass is 270 g/mol. The van der Waals surface area contributed by atoms with Crippen molar-refractivity contribution in [3.63, 3.8) is 0 Å². The van der Waals surface area contributed by atoms with Crippen LogP contribution in [-0.2, 0) is 18.2 Å². The number of hydrogen-bond acceptors (Lipinski definition) is 4. The Balaban J connectivity index is 1.80. The highest BCUT2D eigenvalue weighted by atomic mass is 16.5. The summed E-state index contributed by atoms with van der Waals surface area (Å²) < 4.78 is 6.88. The Morgan fingerprint density at radius 2 is 2.30 bits per heavy atom. The van der Waals surface area contributed by atoms with E-state index in [0.717, 1.165) is 24.1 Å². The summed E-state index contributed by atoms with van der Waals surface area (Å²) in [7, 11) is 1.63. The van der Waals surface area contributed by atoms with Gasteiger partial charge in [-0.1, -0.05) is 6.07 Å². The molecule has 0 saturated carbocycles. The first-order chi connectivity index (χ1) is 9.65. The number of ether oxygens (including phenoxy) is 1. The van der Waals surface area contributed by atoms with Crippen LogP contribution in [0, 0.1) is 0 Å². The number of fused-ring (bicyclic) bond motifs is 1. The van der Waals surface area contributed by atoms with E-state index in [1.165, 1.54) is 10.6 Å². The molecule has 0 radical (unpaired) electrons. The van der Waals surface area contributed by atoms with Crippen molar-refractivity contribution < 1.29 is 9.53 Å². The number of aryl methyl sites for hydroxylation is 2. The molecule has 3 rings (SSSR count). The second-order valence-electron chi connectivity index (χ2n) is 4.84. The molecule has 2 aromatic heterocycles. The molecule has 1 atom stereocenters. The molecule has 1 aliphatic carbocycles. The summed E-state index contributed by atoms with van der Waals surface area (Å²) in [6.45, 7) is 0. The zero-order valence-corrected chi connectivity index (χ0v) is 11.1. The highest BCUT2D eigenvalue weighted by Crippen LogP contribution is 2.32. The van der Waals surface area contributed by atoms with Crippen LogP contribution in [0.4, 0.5) is 0 Å². The summed E-state index contributed by atoms with van der Waals surface area (Å²) in [4.78, 5) is 27.9. The SMILES string of the molecule is Cn1ccc(C(=O)O[C@H]2CCc3cccnc32)cc1=O. The molecule has 5 heteroatoms. The van der Waals surface area contributed by atoms with Gasteiger partial charge in [0.15, 0.2) is 0 Å². The van der Waals surface area contributed by atoms with Crippen molar-refractivity contribution in [2.45, 2.75) is 18.9 Å².